The molecule has 0 saturated carbocycles. The van der Waals surface area contributed by atoms with Crippen LogP contribution in [0.2, 0.25) is 39.3 Å². The van der Waals surface area contributed by atoms with Crippen molar-refractivity contribution >= 4 is 28.6 Å². The van der Waals surface area contributed by atoms with Crippen LogP contribution < -0.4 is 0 Å². The average Bonchev–Trinajstić information content (AvgIpc) is 2.31. The third kappa shape index (κ3) is 18.8. The topological polar surface area (TPSA) is 61.8 Å². The van der Waals surface area contributed by atoms with Crippen LogP contribution in [0.15, 0.2) is 24.3 Å². The monoisotopic (exact) mass is 360 g/mol. The summed E-state index contributed by atoms with van der Waals surface area (Å²) in [6.45, 7) is 23.2. The highest BCUT2D eigenvalue weighted by molar-refractivity contribution is 6.71. The minimum absolute atomic E-state index is 0.265. The van der Waals surface area contributed by atoms with Gasteiger partial charge in [-0.3, -0.25) is 0 Å². The van der Waals surface area contributed by atoms with Gasteiger partial charge in [-0.05, 0) is 53.1 Å². The molecule has 0 spiro atoms. The molecule has 0 aromatic carbocycles. The van der Waals surface area contributed by atoms with Gasteiger partial charge in [-0.25, -0.2) is 9.59 Å². The van der Waals surface area contributed by atoms with Gasteiger partial charge in [0.15, 0.2) is 8.32 Å². The Bertz CT molecular complexity index is 431. The summed E-state index contributed by atoms with van der Waals surface area (Å²) < 4.78 is 15.4. The van der Waals surface area contributed by atoms with Crippen molar-refractivity contribution in [3.63, 3.8) is 0 Å². The van der Waals surface area contributed by atoms with E-state index < -0.39 is 16.6 Å². The maximum atomic E-state index is 10.9. The number of carbonyl (C=O) groups is 2. The molecule has 0 heterocycles. The van der Waals surface area contributed by atoms with E-state index in [1.165, 1.54) is 0 Å². The summed E-state index contributed by atoms with van der Waals surface area (Å²) in [5.41, 5.74) is 0.899. The largest absolute Gasteiger partial charge is 0.517 e. The van der Waals surface area contributed by atoms with Crippen molar-refractivity contribution in [3.05, 3.63) is 24.3 Å². The van der Waals surface area contributed by atoms with E-state index in [-0.39, 0.29) is 11.9 Å². The van der Waals surface area contributed by atoms with Crippen molar-refractivity contribution in [2.45, 2.75) is 53.1 Å². The Morgan fingerprint density at radius 3 is 1.48 bits per heavy atom. The Morgan fingerprint density at radius 2 is 1.22 bits per heavy atom. The lowest BCUT2D eigenvalue weighted by Crippen LogP contribution is -2.29. The zero-order valence-electron chi connectivity index (χ0n) is 15.9. The average molecular weight is 361 g/mol. The van der Waals surface area contributed by atoms with E-state index in [2.05, 4.69) is 32.8 Å². The van der Waals surface area contributed by atoms with Gasteiger partial charge in [-0.2, -0.15) is 0 Å². The van der Waals surface area contributed by atoms with Gasteiger partial charge in [-0.15, -0.1) is 0 Å². The van der Waals surface area contributed by atoms with E-state index >= 15 is 0 Å². The summed E-state index contributed by atoms with van der Waals surface area (Å²) in [6, 6.07) is 0. The quantitative estimate of drug-likeness (QED) is 0.298. The van der Waals surface area contributed by atoms with Crippen molar-refractivity contribution in [2.24, 2.45) is 0 Å². The van der Waals surface area contributed by atoms with Crippen molar-refractivity contribution in [1.82, 2.24) is 0 Å². The van der Waals surface area contributed by atoms with E-state index in [9.17, 15) is 9.59 Å². The second kappa shape index (κ2) is 10.6. The molecule has 0 saturated heterocycles. The third-order valence-corrected chi connectivity index (χ3v) is 3.82. The molecule has 23 heavy (non-hydrogen) atoms. The number of esters is 1. The predicted octanol–water partition coefficient (Wildman–Crippen LogP) is 3.90. The molecule has 0 fully saturated rings. The standard InChI is InChI=1S/C9H18O3Si.C7H14O2Si/c1-8(2)9(10)11-6-7-12-13(3,4)5;1-6(2)7(8)9-10(3,4)5/h1,6-7H2,2-5H3;1H2,2-5H3. The molecule has 0 radical (unpaired) electrons. The Kier molecular flexibility index (Phi) is 11.1. The first kappa shape index (κ1) is 24.1. The molecule has 0 amide bonds. The molecule has 0 N–H and O–H groups in total. The maximum absolute atomic E-state index is 10.9. The smallest absolute Gasteiger partial charge is 0.333 e. The number of hydrogen-bond donors (Lipinski definition) is 0. The molecule has 134 valence electrons. The van der Waals surface area contributed by atoms with Crippen LogP contribution >= 0.6 is 0 Å². The van der Waals surface area contributed by atoms with Gasteiger partial charge in [0, 0.05) is 11.1 Å². The third-order valence-electron chi connectivity index (χ3n) is 1.95. The van der Waals surface area contributed by atoms with Crippen LogP contribution in [0.4, 0.5) is 0 Å². The molecule has 5 nitrogen and oxygen atoms in total. The van der Waals surface area contributed by atoms with E-state index in [4.69, 9.17) is 13.6 Å². The van der Waals surface area contributed by atoms with Gasteiger partial charge < -0.3 is 13.6 Å². The van der Waals surface area contributed by atoms with Gasteiger partial charge >= 0.3 is 11.9 Å². The molecule has 0 aliphatic rings. The summed E-state index contributed by atoms with van der Waals surface area (Å²) in [5, 5.41) is 0. The van der Waals surface area contributed by atoms with Crippen LogP contribution in [0.5, 0.6) is 0 Å². The Hall–Kier alpha value is -1.19. The highest BCUT2D eigenvalue weighted by Gasteiger charge is 2.19. The second-order valence-corrected chi connectivity index (χ2v) is 16.1. The first-order chi connectivity index (χ1) is 10.2. The second-order valence-electron chi connectivity index (χ2n) is 7.16. The lowest BCUT2D eigenvalue weighted by atomic mass is 10.4. The van der Waals surface area contributed by atoms with Gasteiger partial charge in [0.1, 0.15) is 6.61 Å². The molecule has 0 aliphatic carbocycles. The molecule has 0 atom stereocenters. The fourth-order valence-electron chi connectivity index (χ4n) is 0.971. The summed E-state index contributed by atoms with van der Waals surface area (Å²) >= 11 is 0. The molecule has 0 unspecified atom stereocenters. The highest BCUT2D eigenvalue weighted by Crippen LogP contribution is 2.05. The van der Waals surface area contributed by atoms with Crippen molar-refractivity contribution in [1.29, 1.82) is 0 Å². The molecular formula is C16H32O5Si2. The molecule has 0 aliphatic heterocycles. The summed E-state index contributed by atoms with van der Waals surface area (Å²) in [7, 11) is -3.16. The summed E-state index contributed by atoms with van der Waals surface area (Å²) in [4.78, 5) is 21.8. The summed E-state index contributed by atoms with van der Waals surface area (Å²) in [6.07, 6.45) is 0. The van der Waals surface area contributed by atoms with Crippen LogP contribution in [0.3, 0.4) is 0 Å². The van der Waals surface area contributed by atoms with Crippen LogP contribution in [0.1, 0.15) is 13.8 Å². The van der Waals surface area contributed by atoms with Crippen LogP contribution in [-0.4, -0.2) is 41.8 Å². The van der Waals surface area contributed by atoms with Gasteiger partial charge in [0.2, 0.25) is 8.32 Å². The maximum Gasteiger partial charge on any atom is 0.333 e. The Balaban J connectivity index is 0. The van der Waals surface area contributed by atoms with Crippen LogP contribution in [-0.2, 0) is 23.2 Å². The lowest BCUT2D eigenvalue weighted by Gasteiger charge is -2.16. The van der Waals surface area contributed by atoms with Gasteiger partial charge in [0.05, 0.1) is 6.61 Å². The van der Waals surface area contributed by atoms with Crippen molar-refractivity contribution in [2.75, 3.05) is 13.2 Å². The van der Waals surface area contributed by atoms with E-state index in [0.717, 1.165) is 0 Å². The van der Waals surface area contributed by atoms with E-state index in [1.807, 2.05) is 19.6 Å². The number of hydrogen-bond acceptors (Lipinski definition) is 5. The molecular weight excluding hydrogens is 328 g/mol. The minimum Gasteiger partial charge on any atom is -0.517 e. The van der Waals surface area contributed by atoms with Crippen molar-refractivity contribution < 1.29 is 23.2 Å². The minimum atomic E-state index is -1.69. The fourth-order valence-corrected chi connectivity index (χ4v) is 2.40. The predicted molar refractivity (Wildman–Crippen MR) is 99.3 cm³/mol. The lowest BCUT2D eigenvalue weighted by molar-refractivity contribution is -0.139. The van der Waals surface area contributed by atoms with E-state index in [0.29, 0.717) is 24.4 Å². The molecule has 0 aromatic rings. The number of rotatable bonds is 7. The first-order valence-corrected chi connectivity index (χ1v) is 14.3. The van der Waals surface area contributed by atoms with Gasteiger partial charge in [-0.1, -0.05) is 13.2 Å². The van der Waals surface area contributed by atoms with Crippen LogP contribution in [0, 0.1) is 0 Å². The van der Waals surface area contributed by atoms with E-state index in [1.54, 1.807) is 13.8 Å². The SMILES string of the molecule is C=C(C)C(=O)OCCO[Si](C)(C)C.C=C(C)C(=O)O[Si](C)(C)C. The molecule has 0 aromatic heterocycles. The van der Waals surface area contributed by atoms with Crippen molar-refractivity contribution in [3.8, 4) is 0 Å². The summed E-state index contributed by atoms with van der Waals surface area (Å²) in [5.74, 6) is -0.613. The number of ether oxygens (including phenoxy) is 1. The Labute approximate surface area is 143 Å². The van der Waals surface area contributed by atoms with Crippen LogP contribution in [0.25, 0.3) is 0 Å². The van der Waals surface area contributed by atoms with Gasteiger partial charge in [0.25, 0.3) is 0 Å². The molecule has 7 heteroatoms. The molecule has 0 bridgehead atoms. The fraction of sp³-hybridized carbons (Fsp3) is 0.625. The zero-order valence-corrected chi connectivity index (χ0v) is 17.9. The normalized spacial score (nSPS) is 11.0. The molecule has 0 rings (SSSR count). The zero-order chi connectivity index (χ0) is 18.8. The number of carbonyl (C=O) groups excluding carboxylic acids is 2. The first-order valence-electron chi connectivity index (χ1n) is 7.51. The highest BCUT2D eigenvalue weighted by atomic mass is 28.4. The Morgan fingerprint density at radius 1 is 0.783 bits per heavy atom.